The van der Waals surface area contributed by atoms with Crippen molar-refractivity contribution >= 4 is 41.1 Å². The van der Waals surface area contributed by atoms with E-state index in [4.69, 9.17) is 33.5 Å². The number of benzene rings is 1. The van der Waals surface area contributed by atoms with E-state index in [1.165, 1.54) is 39.2 Å². The van der Waals surface area contributed by atoms with Crippen LogP contribution >= 0.6 is 11.3 Å². The van der Waals surface area contributed by atoms with Crippen molar-refractivity contribution in [2.45, 2.75) is 218 Å². The molecule has 0 saturated carbocycles. The predicted molar refractivity (Wildman–Crippen MR) is 303 cm³/mol. The van der Waals surface area contributed by atoms with Gasteiger partial charge in [-0.3, -0.25) is 9.59 Å². The van der Waals surface area contributed by atoms with Crippen LogP contribution in [0.5, 0.6) is 0 Å². The Labute approximate surface area is 481 Å². The first-order valence-electron chi connectivity index (χ1n) is 28.3. The minimum absolute atomic E-state index is 0.0936. The molecule has 3 aliphatic rings. The number of aryl methyl sites for hydroxylation is 1. The lowest BCUT2D eigenvalue weighted by Gasteiger charge is -2.49. The summed E-state index contributed by atoms with van der Waals surface area (Å²) in [5.41, 5.74) is -2.63. The highest BCUT2D eigenvalue weighted by Gasteiger charge is 2.53. The van der Waals surface area contributed by atoms with Crippen LogP contribution in [0.1, 0.15) is 147 Å². The molecule has 7 N–H and O–H groups in total. The lowest BCUT2D eigenvalue weighted by molar-refractivity contribution is -0.318. The first-order valence-corrected chi connectivity index (χ1v) is 29.2. The first-order chi connectivity index (χ1) is 37.9. The van der Waals surface area contributed by atoms with Crippen molar-refractivity contribution in [3.8, 4) is 0 Å². The number of thiophene rings is 1. The van der Waals surface area contributed by atoms with Gasteiger partial charge in [-0.05, 0) is 117 Å². The standard InChI is InChI=1S/C37H67NO13.C23H24N2O4S/c1-14-25-37(10,45)30(41)20(4)27(39)18(2)16-35(8,44)32(51-34-28(40)24(38(11)12)15-19(3)47-34)21(5)29(22(6)33(43)49-25)50-26-17-36(9,46-13)31(42)23(7)48-26;1-2-3-6-21-24-14-19(12-18(23(28)29)13-20-5-4-11-30-20)25(21)15-16-7-9-17(10-8-16)22(26)27/h18-26,28-32,34,40-42,44-45H,14-17H2,1-13H3;4-5,7-12,14H,2-3,6,13,15H2,1H3,(H,26,27)(H,28,29)/b;18-12+/t18-,19-,20+,21+,22-,23+,24+,25-,26+,28-,29+,30-,31+,32-,34+,35-,36-,37-;/m1./s1. The number of carboxylic acid groups (broad SMARTS) is 2. The molecule has 18 atom stereocenters. The number of hydrogen-bond acceptors (Lipinski definition) is 18. The fourth-order valence-electron chi connectivity index (χ4n) is 11.6. The number of ketones is 1. The van der Waals surface area contributed by atoms with Crippen molar-refractivity contribution in [3.63, 3.8) is 0 Å². The quantitative estimate of drug-likeness (QED) is 0.0558. The van der Waals surface area contributed by atoms with Gasteiger partial charge in [0.25, 0.3) is 0 Å². The van der Waals surface area contributed by atoms with Gasteiger partial charge in [0.2, 0.25) is 0 Å². The fraction of sp³-hybridized carbons (Fsp3) is 0.683. The van der Waals surface area contributed by atoms with E-state index in [2.05, 4.69) is 11.9 Å². The summed E-state index contributed by atoms with van der Waals surface area (Å²) in [6.45, 7) is 18.9. The molecule has 3 aromatic rings. The summed E-state index contributed by atoms with van der Waals surface area (Å²) in [5.74, 6) is -5.99. The Bertz CT molecular complexity index is 2550. The number of carbonyl (C=O) groups is 4. The molecule has 454 valence electrons. The Kier molecular flexibility index (Phi) is 24.0. The van der Waals surface area contributed by atoms with E-state index in [0.717, 1.165) is 41.2 Å². The van der Waals surface area contributed by atoms with Crippen LogP contribution in [0.4, 0.5) is 0 Å². The average Bonchev–Trinajstić information content (AvgIpc) is 4.19. The number of hydrogen-bond donors (Lipinski definition) is 7. The summed E-state index contributed by atoms with van der Waals surface area (Å²) in [4.78, 5) is 58.2. The van der Waals surface area contributed by atoms with Crippen molar-refractivity contribution in [2.75, 3.05) is 21.2 Å². The normalized spacial score (nSPS) is 35.6. The zero-order chi connectivity index (χ0) is 60.5. The van der Waals surface area contributed by atoms with Crippen LogP contribution < -0.4 is 0 Å². The number of imidazole rings is 1. The van der Waals surface area contributed by atoms with Gasteiger partial charge in [-0.2, -0.15) is 0 Å². The van der Waals surface area contributed by atoms with Crippen LogP contribution in [0.2, 0.25) is 0 Å². The van der Waals surface area contributed by atoms with E-state index in [0.29, 0.717) is 25.0 Å². The molecule has 20 nitrogen and oxygen atoms in total. The Hall–Kier alpha value is -4.49. The average molecular weight is 1160 g/mol. The van der Waals surface area contributed by atoms with Crippen molar-refractivity contribution in [1.82, 2.24) is 14.5 Å². The summed E-state index contributed by atoms with van der Waals surface area (Å²) >= 11 is 1.53. The highest BCUT2D eigenvalue weighted by atomic mass is 32.1. The SMILES string of the molecule is CCCCc1ncc(/C=C(\Cc2cccs2)C(=O)O)n1Cc1ccc(C(=O)O)cc1.CC[C@H]1OC(=O)[C@H](C)[C@@H](O[C@H]2C[C@@](C)(OC)[C@@H](O)[C@H](C)O2)[C@H](C)[C@@H](O[C@@H]2O[C@H](C)C[C@H](N(C)C)[C@H]2O)[C@](C)(O)C[C@@H](C)C(=O)[C@H](C)[C@@H](O)[C@]1(C)O. The van der Waals surface area contributed by atoms with Crippen LogP contribution in [0.25, 0.3) is 6.08 Å². The molecule has 5 heterocycles. The van der Waals surface area contributed by atoms with Crippen molar-refractivity contribution in [1.29, 1.82) is 0 Å². The number of cyclic esters (lactones) is 1. The number of aliphatic hydroxyl groups is 5. The van der Waals surface area contributed by atoms with Crippen LogP contribution in [0.15, 0.2) is 53.5 Å². The Morgan fingerprint density at radius 1 is 0.914 bits per heavy atom. The third-order valence-corrected chi connectivity index (χ3v) is 17.5. The van der Waals surface area contributed by atoms with Gasteiger partial charge in [-0.25, -0.2) is 14.6 Å². The zero-order valence-electron chi connectivity index (χ0n) is 49.7. The van der Waals surface area contributed by atoms with E-state index in [-0.39, 0.29) is 37.0 Å². The molecular formula is C60H91N3O17S. The molecule has 3 saturated heterocycles. The Morgan fingerprint density at radius 2 is 1.58 bits per heavy atom. The topological polar surface area (TPSA) is 286 Å². The number of ether oxygens (including phenoxy) is 6. The smallest absolute Gasteiger partial charge is 0.335 e. The van der Waals surface area contributed by atoms with Gasteiger partial charge in [0.05, 0.1) is 65.1 Å². The number of carboxylic acids is 2. The van der Waals surface area contributed by atoms with Gasteiger partial charge in [-0.1, -0.05) is 59.2 Å². The summed E-state index contributed by atoms with van der Waals surface area (Å²) in [6, 6.07) is 10.2. The molecule has 0 amide bonds. The lowest BCUT2D eigenvalue weighted by Crippen LogP contribution is -2.61. The van der Waals surface area contributed by atoms with Gasteiger partial charge in [0.1, 0.15) is 35.5 Å². The number of nitrogens with zero attached hydrogens (tertiary/aromatic N) is 3. The number of aliphatic carboxylic acids is 1. The molecule has 2 aromatic heterocycles. The van der Waals surface area contributed by atoms with Crippen molar-refractivity contribution in [3.05, 3.63) is 81.1 Å². The number of Topliss-reactive ketones (excluding diaryl/α,β-unsaturated/α-hetero) is 1. The number of likely N-dealkylation sites (N-methyl/N-ethyl adjacent to an activating group) is 1. The second kappa shape index (κ2) is 28.9. The zero-order valence-corrected chi connectivity index (χ0v) is 50.5. The molecule has 0 spiro atoms. The van der Waals surface area contributed by atoms with Crippen LogP contribution in [-0.4, -0.2) is 179 Å². The number of aromatic nitrogens is 2. The number of esters is 1. The van der Waals surface area contributed by atoms with E-state index >= 15 is 0 Å². The minimum atomic E-state index is -1.99. The molecule has 21 heteroatoms. The van der Waals surface area contributed by atoms with Gasteiger partial charge in [0.15, 0.2) is 12.6 Å². The molecule has 3 aliphatic heterocycles. The maximum absolute atomic E-state index is 14.1. The third-order valence-electron chi connectivity index (χ3n) is 16.6. The predicted octanol–water partition coefficient (Wildman–Crippen LogP) is 6.53. The van der Waals surface area contributed by atoms with Gasteiger partial charge >= 0.3 is 17.9 Å². The molecule has 0 radical (unpaired) electrons. The Balaban J connectivity index is 0.000000339. The summed E-state index contributed by atoms with van der Waals surface area (Å²) < 4.78 is 39.1. The third kappa shape index (κ3) is 16.7. The molecule has 81 heavy (non-hydrogen) atoms. The summed E-state index contributed by atoms with van der Waals surface area (Å²) in [5, 5.41) is 78.3. The van der Waals surface area contributed by atoms with Gasteiger partial charge in [-0.15, -0.1) is 11.3 Å². The summed E-state index contributed by atoms with van der Waals surface area (Å²) in [7, 11) is 5.18. The molecule has 0 bridgehead atoms. The van der Waals surface area contributed by atoms with Crippen molar-refractivity contribution in [2.24, 2.45) is 23.7 Å². The van der Waals surface area contributed by atoms with Crippen LogP contribution in [0, 0.1) is 23.7 Å². The molecule has 0 unspecified atom stereocenters. The van der Waals surface area contributed by atoms with E-state index in [1.54, 1.807) is 78.1 Å². The highest BCUT2D eigenvalue weighted by Crippen LogP contribution is 2.41. The molecule has 3 fully saturated rings. The van der Waals surface area contributed by atoms with Gasteiger partial charge in [0, 0.05) is 67.2 Å². The highest BCUT2D eigenvalue weighted by molar-refractivity contribution is 7.09. The summed E-state index contributed by atoms with van der Waals surface area (Å²) in [6.07, 6.45) is -3.13. The molecular weight excluding hydrogens is 1070 g/mol. The molecule has 6 rings (SSSR count). The maximum atomic E-state index is 14.1. The maximum Gasteiger partial charge on any atom is 0.335 e. The second-order valence-corrected chi connectivity index (χ2v) is 24.5. The Morgan fingerprint density at radius 3 is 2.15 bits per heavy atom. The largest absolute Gasteiger partial charge is 0.478 e. The monoisotopic (exact) mass is 1160 g/mol. The minimum Gasteiger partial charge on any atom is -0.478 e. The lowest BCUT2D eigenvalue weighted by atomic mass is 9.74. The molecule has 1 aromatic carbocycles. The van der Waals surface area contributed by atoms with Crippen molar-refractivity contribution < 1.29 is 83.3 Å². The number of aliphatic hydroxyl groups excluding tert-OH is 3. The van der Waals surface area contributed by atoms with E-state index < -0.39 is 119 Å². The second-order valence-electron chi connectivity index (χ2n) is 23.5. The number of aromatic carboxylic acids is 1. The first kappa shape index (κ1) is 67.3. The van der Waals surface area contributed by atoms with E-state index in [1.807, 2.05) is 48.0 Å². The van der Waals surface area contributed by atoms with Crippen LogP contribution in [0.3, 0.4) is 0 Å². The van der Waals surface area contributed by atoms with Gasteiger partial charge < -0.3 is 73.6 Å². The van der Waals surface area contributed by atoms with E-state index in [9.17, 15) is 49.8 Å². The number of methoxy groups -OCH3 is 1. The molecule has 0 aliphatic carbocycles. The fourth-order valence-corrected chi connectivity index (χ4v) is 12.3. The number of carbonyl (C=O) groups excluding carboxylic acids is 2. The number of rotatable bonds is 17. The number of unbranched alkanes of at least 4 members (excludes halogenated alkanes) is 1. The van der Waals surface area contributed by atoms with Crippen LogP contribution in [-0.2, 0) is 62.2 Å².